The van der Waals surface area contributed by atoms with Gasteiger partial charge in [-0.2, -0.15) is 0 Å². The van der Waals surface area contributed by atoms with Crippen LogP contribution < -0.4 is 5.32 Å². The first kappa shape index (κ1) is 12.7. The van der Waals surface area contributed by atoms with Crippen molar-refractivity contribution in [3.63, 3.8) is 0 Å². The zero-order valence-corrected chi connectivity index (χ0v) is 10.6. The quantitative estimate of drug-likeness (QED) is 0.827. The largest absolute Gasteiger partial charge is 0.472 e. The molecule has 1 aliphatic carbocycles. The average molecular weight is 237 g/mol. The lowest BCUT2D eigenvalue weighted by Crippen LogP contribution is -2.43. The van der Waals surface area contributed by atoms with Crippen LogP contribution in [0.5, 0.6) is 0 Å². The molecule has 17 heavy (non-hydrogen) atoms. The van der Waals surface area contributed by atoms with Crippen LogP contribution in [0, 0.1) is 5.92 Å². The molecular formula is C14H23NO2. The summed E-state index contributed by atoms with van der Waals surface area (Å²) in [6.07, 6.45) is 8.87. The topological polar surface area (TPSA) is 45.4 Å². The molecule has 1 aromatic rings. The number of furan rings is 1. The lowest BCUT2D eigenvalue weighted by Gasteiger charge is -2.36. The standard InChI is InChI=1S/C14H23NO2/c1-2-12-3-6-14(16,7-4-12)11-15-9-13-5-8-17-10-13/h5,8,10,12,15-16H,2-4,6-7,9,11H2,1H3. The zero-order valence-electron chi connectivity index (χ0n) is 10.6. The van der Waals surface area contributed by atoms with Gasteiger partial charge in [0.15, 0.2) is 0 Å². The number of hydrogen-bond acceptors (Lipinski definition) is 3. The molecule has 2 rings (SSSR count). The molecule has 96 valence electrons. The van der Waals surface area contributed by atoms with Crippen LogP contribution in [0.4, 0.5) is 0 Å². The van der Waals surface area contributed by atoms with Crippen molar-refractivity contribution >= 4 is 0 Å². The van der Waals surface area contributed by atoms with Gasteiger partial charge in [0.05, 0.1) is 18.1 Å². The number of rotatable bonds is 5. The van der Waals surface area contributed by atoms with Crippen LogP contribution in [0.2, 0.25) is 0 Å². The molecule has 0 atom stereocenters. The monoisotopic (exact) mass is 237 g/mol. The predicted octanol–water partition coefficient (Wildman–Crippen LogP) is 2.70. The first-order valence-corrected chi connectivity index (χ1v) is 6.66. The van der Waals surface area contributed by atoms with E-state index in [-0.39, 0.29) is 0 Å². The van der Waals surface area contributed by atoms with Gasteiger partial charge >= 0.3 is 0 Å². The fourth-order valence-electron chi connectivity index (χ4n) is 2.63. The molecule has 0 unspecified atom stereocenters. The van der Waals surface area contributed by atoms with Crippen molar-refractivity contribution in [1.29, 1.82) is 0 Å². The SMILES string of the molecule is CCC1CCC(O)(CNCc2ccoc2)CC1. The second-order valence-corrected chi connectivity index (χ2v) is 5.31. The molecule has 1 heterocycles. The van der Waals surface area contributed by atoms with Crippen LogP contribution in [0.15, 0.2) is 23.0 Å². The highest BCUT2D eigenvalue weighted by Crippen LogP contribution is 2.33. The summed E-state index contributed by atoms with van der Waals surface area (Å²) in [4.78, 5) is 0. The van der Waals surface area contributed by atoms with Crippen LogP contribution in [0.3, 0.4) is 0 Å². The minimum absolute atomic E-state index is 0.491. The number of hydrogen-bond donors (Lipinski definition) is 2. The zero-order chi connectivity index (χ0) is 12.1. The molecule has 1 aliphatic rings. The third kappa shape index (κ3) is 3.58. The second-order valence-electron chi connectivity index (χ2n) is 5.31. The fraction of sp³-hybridized carbons (Fsp3) is 0.714. The van der Waals surface area contributed by atoms with E-state index in [4.69, 9.17) is 4.42 Å². The predicted molar refractivity (Wildman–Crippen MR) is 67.6 cm³/mol. The van der Waals surface area contributed by atoms with Crippen molar-refractivity contribution in [3.8, 4) is 0 Å². The Kier molecular flexibility index (Phi) is 4.24. The van der Waals surface area contributed by atoms with Crippen molar-refractivity contribution in [2.45, 2.75) is 51.2 Å². The molecule has 3 heteroatoms. The molecule has 0 radical (unpaired) electrons. The van der Waals surface area contributed by atoms with Crippen LogP contribution in [-0.4, -0.2) is 17.3 Å². The Morgan fingerprint density at radius 1 is 1.47 bits per heavy atom. The van der Waals surface area contributed by atoms with E-state index < -0.39 is 5.60 Å². The van der Waals surface area contributed by atoms with Gasteiger partial charge in [-0.05, 0) is 37.7 Å². The second kappa shape index (κ2) is 5.69. The molecule has 0 saturated heterocycles. The fourth-order valence-corrected chi connectivity index (χ4v) is 2.63. The Morgan fingerprint density at radius 2 is 2.24 bits per heavy atom. The first-order chi connectivity index (χ1) is 8.22. The normalized spacial score (nSPS) is 29.4. The third-order valence-corrected chi connectivity index (χ3v) is 3.98. The van der Waals surface area contributed by atoms with Crippen molar-refractivity contribution in [2.75, 3.05) is 6.54 Å². The van der Waals surface area contributed by atoms with Crippen molar-refractivity contribution in [1.82, 2.24) is 5.32 Å². The number of nitrogens with one attached hydrogen (secondary N) is 1. The van der Waals surface area contributed by atoms with Gasteiger partial charge in [-0.25, -0.2) is 0 Å². The lowest BCUT2D eigenvalue weighted by molar-refractivity contribution is -0.00881. The highest BCUT2D eigenvalue weighted by molar-refractivity contribution is 5.04. The number of aliphatic hydroxyl groups is 1. The summed E-state index contributed by atoms with van der Waals surface area (Å²) in [5, 5.41) is 13.7. The van der Waals surface area contributed by atoms with Crippen LogP contribution in [-0.2, 0) is 6.54 Å². The van der Waals surface area contributed by atoms with Gasteiger partial charge in [0.1, 0.15) is 0 Å². The van der Waals surface area contributed by atoms with E-state index >= 15 is 0 Å². The van der Waals surface area contributed by atoms with Gasteiger partial charge in [-0.1, -0.05) is 13.3 Å². The highest BCUT2D eigenvalue weighted by atomic mass is 16.3. The van der Waals surface area contributed by atoms with Gasteiger partial charge < -0.3 is 14.8 Å². The van der Waals surface area contributed by atoms with Gasteiger partial charge in [-0.15, -0.1) is 0 Å². The molecule has 1 fully saturated rings. The van der Waals surface area contributed by atoms with Gasteiger partial charge in [0, 0.05) is 18.7 Å². The van der Waals surface area contributed by atoms with E-state index in [9.17, 15) is 5.11 Å². The minimum Gasteiger partial charge on any atom is -0.472 e. The Balaban J connectivity index is 1.71. The van der Waals surface area contributed by atoms with E-state index in [1.54, 1.807) is 12.5 Å². The Bertz CT molecular complexity index is 313. The molecular weight excluding hydrogens is 214 g/mol. The molecule has 0 aliphatic heterocycles. The summed E-state index contributed by atoms with van der Waals surface area (Å²) in [5.74, 6) is 0.823. The molecule has 0 spiro atoms. The molecule has 3 nitrogen and oxygen atoms in total. The van der Waals surface area contributed by atoms with Crippen molar-refractivity contribution < 1.29 is 9.52 Å². The van der Waals surface area contributed by atoms with Crippen LogP contribution >= 0.6 is 0 Å². The molecule has 2 N–H and O–H groups in total. The van der Waals surface area contributed by atoms with Gasteiger partial charge in [0.2, 0.25) is 0 Å². The van der Waals surface area contributed by atoms with Crippen LogP contribution in [0.25, 0.3) is 0 Å². The molecule has 0 aromatic carbocycles. The van der Waals surface area contributed by atoms with Crippen molar-refractivity contribution in [2.24, 2.45) is 5.92 Å². The maximum atomic E-state index is 10.4. The van der Waals surface area contributed by atoms with E-state index in [2.05, 4.69) is 12.2 Å². The van der Waals surface area contributed by atoms with Crippen molar-refractivity contribution in [3.05, 3.63) is 24.2 Å². The molecule has 1 saturated carbocycles. The van der Waals surface area contributed by atoms with Crippen LogP contribution in [0.1, 0.15) is 44.6 Å². The Hall–Kier alpha value is -0.800. The summed E-state index contributed by atoms with van der Waals surface area (Å²) in [6.45, 7) is 3.71. The molecule has 0 amide bonds. The van der Waals surface area contributed by atoms with Gasteiger partial charge in [0.25, 0.3) is 0 Å². The van der Waals surface area contributed by atoms with E-state index in [1.165, 1.54) is 19.3 Å². The Morgan fingerprint density at radius 3 is 2.82 bits per heavy atom. The third-order valence-electron chi connectivity index (χ3n) is 3.98. The van der Waals surface area contributed by atoms with E-state index in [1.807, 2.05) is 6.07 Å². The molecule has 1 aromatic heterocycles. The molecule has 0 bridgehead atoms. The summed E-state index contributed by atoms with van der Waals surface area (Å²) in [6, 6.07) is 1.95. The van der Waals surface area contributed by atoms with Gasteiger partial charge in [-0.3, -0.25) is 0 Å². The summed E-state index contributed by atoms with van der Waals surface area (Å²) >= 11 is 0. The van der Waals surface area contributed by atoms with E-state index in [0.717, 1.165) is 30.9 Å². The lowest BCUT2D eigenvalue weighted by atomic mass is 9.78. The maximum Gasteiger partial charge on any atom is 0.0947 e. The highest BCUT2D eigenvalue weighted by Gasteiger charge is 2.31. The Labute approximate surface area is 103 Å². The summed E-state index contributed by atoms with van der Waals surface area (Å²) in [7, 11) is 0. The first-order valence-electron chi connectivity index (χ1n) is 6.66. The smallest absolute Gasteiger partial charge is 0.0947 e. The summed E-state index contributed by atoms with van der Waals surface area (Å²) < 4.78 is 5.01. The average Bonchev–Trinajstić information content (AvgIpc) is 2.83. The summed E-state index contributed by atoms with van der Waals surface area (Å²) in [5.41, 5.74) is 0.644. The van der Waals surface area contributed by atoms with E-state index in [0.29, 0.717) is 6.54 Å². The maximum absolute atomic E-state index is 10.4. The minimum atomic E-state index is -0.491.